The molecule has 1 aliphatic carbocycles. The molecule has 4 heteroatoms. The molecule has 2 N–H and O–H groups in total. The molecule has 0 aromatic heterocycles. The molecule has 2 aliphatic rings. The molecule has 0 atom stereocenters. The SMILES string of the molecule is CCCCN1NC2(CCC(C(C)(C)C)CC2)NC1=S. The lowest BCUT2D eigenvalue weighted by atomic mass is 9.70. The largest absolute Gasteiger partial charge is 0.342 e. The number of nitrogens with zero attached hydrogens (tertiary/aromatic N) is 1. The third-order valence-corrected chi connectivity index (χ3v) is 5.06. The summed E-state index contributed by atoms with van der Waals surface area (Å²) in [6.07, 6.45) is 7.33. The Morgan fingerprint density at radius 2 is 1.95 bits per heavy atom. The van der Waals surface area contributed by atoms with Crippen LogP contribution in [0.2, 0.25) is 0 Å². The Balaban J connectivity index is 1.91. The molecule has 1 spiro atoms. The summed E-state index contributed by atoms with van der Waals surface area (Å²) in [7, 11) is 0. The molecule has 0 aromatic carbocycles. The molecule has 0 unspecified atom stereocenters. The highest BCUT2D eigenvalue weighted by Gasteiger charge is 2.44. The van der Waals surface area contributed by atoms with Gasteiger partial charge in [0.1, 0.15) is 5.66 Å². The molecule has 1 heterocycles. The van der Waals surface area contributed by atoms with Gasteiger partial charge in [-0.15, -0.1) is 0 Å². The number of unbranched alkanes of at least 4 members (excludes halogenated alkanes) is 1. The van der Waals surface area contributed by atoms with Crippen LogP contribution >= 0.6 is 12.2 Å². The zero-order chi connectivity index (χ0) is 14.1. The Morgan fingerprint density at radius 3 is 2.47 bits per heavy atom. The van der Waals surface area contributed by atoms with Crippen LogP contribution in [0, 0.1) is 11.3 Å². The van der Waals surface area contributed by atoms with Gasteiger partial charge in [0, 0.05) is 6.54 Å². The Labute approximate surface area is 123 Å². The van der Waals surface area contributed by atoms with Crippen LogP contribution in [-0.2, 0) is 0 Å². The van der Waals surface area contributed by atoms with Crippen molar-refractivity contribution in [1.29, 1.82) is 0 Å². The lowest BCUT2D eigenvalue weighted by Crippen LogP contribution is -2.54. The number of rotatable bonds is 3. The maximum Gasteiger partial charge on any atom is 0.185 e. The average Bonchev–Trinajstić information content (AvgIpc) is 2.62. The molecule has 0 radical (unpaired) electrons. The van der Waals surface area contributed by atoms with E-state index in [9.17, 15) is 0 Å². The number of hydrogen-bond acceptors (Lipinski definition) is 2. The average molecular weight is 283 g/mol. The van der Waals surface area contributed by atoms with Crippen molar-refractivity contribution in [3.8, 4) is 0 Å². The number of thiocarbonyl (C=S) groups is 1. The minimum absolute atomic E-state index is 0.0482. The van der Waals surface area contributed by atoms with Crippen LogP contribution in [0.3, 0.4) is 0 Å². The van der Waals surface area contributed by atoms with Crippen molar-refractivity contribution < 1.29 is 0 Å². The van der Waals surface area contributed by atoms with Crippen molar-refractivity contribution in [2.75, 3.05) is 6.54 Å². The van der Waals surface area contributed by atoms with Gasteiger partial charge in [0.15, 0.2) is 5.11 Å². The van der Waals surface area contributed by atoms with Crippen molar-refractivity contribution in [3.63, 3.8) is 0 Å². The second-order valence-electron chi connectivity index (χ2n) is 7.27. The first kappa shape index (κ1) is 15.0. The Kier molecular flexibility index (Phi) is 4.41. The van der Waals surface area contributed by atoms with E-state index in [1.54, 1.807) is 0 Å². The van der Waals surface area contributed by atoms with Gasteiger partial charge in [-0.25, -0.2) is 5.43 Å². The van der Waals surface area contributed by atoms with E-state index in [0.717, 1.165) is 17.6 Å². The summed E-state index contributed by atoms with van der Waals surface area (Å²) in [5, 5.41) is 6.59. The van der Waals surface area contributed by atoms with Crippen molar-refractivity contribution in [1.82, 2.24) is 15.8 Å². The van der Waals surface area contributed by atoms with Gasteiger partial charge in [-0.2, -0.15) is 0 Å². The molecule has 2 rings (SSSR count). The fourth-order valence-electron chi connectivity index (χ4n) is 3.30. The number of hydrogen-bond donors (Lipinski definition) is 2. The summed E-state index contributed by atoms with van der Waals surface area (Å²) in [6.45, 7) is 10.3. The highest BCUT2D eigenvalue weighted by Crippen LogP contribution is 2.41. The molecular formula is C15H29N3S. The van der Waals surface area contributed by atoms with E-state index in [2.05, 4.69) is 43.4 Å². The highest BCUT2D eigenvalue weighted by molar-refractivity contribution is 7.80. The number of nitrogens with one attached hydrogen (secondary N) is 2. The van der Waals surface area contributed by atoms with Gasteiger partial charge in [0.25, 0.3) is 0 Å². The Hall–Kier alpha value is -0.350. The molecule has 0 aromatic rings. The summed E-state index contributed by atoms with van der Waals surface area (Å²) in [5.74, 6) is 0.833. The minimum atomic E-state index is 0.0482. The van der Waals surface area contributed by atoms with Gasteiger partial charge in [-0.05, 0) is 55.7 Å². The van der Waals surface area contributed by atoms with Crippen LogP contribution in [0.5, 0.6) is 0 Å². The lowest BCUT2D eigenvalue weighted by Gasteiger charge is -2.42. The van der Waals surface area contributed by atoms with E-state index >= 15 is 0 Å². The summed E-state index contributed by atoms with van der Waals surface area (Å²) < 4.78 is 0. The van der Waals surface area contributed by atoms with Gasteiger partial charge in [0.2, 0.25) is 0 Å². The molecule has 2 fully saturated rings. The monoisotopic (exact) mass is 283 g/mol. The summed E-state index contributed by atoms with van der Waals surface area (Å²) in [5.41, 5.74) is 4.13. The van der Waals surface area contributed by atoms with Crippen LogP contribution in [0.15, 0.2) is 0 Å². The van der Waals surface area contributed by atoms with Crippen molar-refractivity contribution in [2.24, 2.45) is 11.3 Å². The normalized spacial score (nSPS) is 31.9. The van der Waals surface area contributed by atoms with E-state index in [1.807, 2.05) is 0 Å². The molecule has 3 nitrogen and oxygen atoms in total. The molecular weight excluding hydrogens is 254 g/mol. The predicted molar refractivity (Wildman–Crippen MR) is 84.6 cm³/mol. The molecule has 0 bridgehead atoms. The molecule has 0 amide bonds. The van der Waals surface area contributed by atoms with Gasteiger partial charge in [0.05, 0.1) is 0 Å². The van der Waals surface area contributed by atoms with E-state index in [4.69, 9.17) is 12.2 Å². The maximum absolute atomic E-state index is 5.46. The van der Waals surface area contributed by atoms with Crippen LogP contribution in [0.25, 0.3) is 0 Å². The Morgan fingerprint density at radius 1 is 1.32 bits per heavy atom. The minimum Gasteiger partial charge on any atom is -0.342 e. The second kappa shape index (κ2) is 5.57. The zero-order valence-corrected chi connectivity index (χ0v) is 13.7. The first-order valence-electron chi connectivity index (χ1n) is 7.74. The van der Waals surface area contributed by atoms with Gasteiger partial charge in [-0.1, -0.05) is 34.1 Å². The molecule has 1 saturated carbocycles. The van der Waals surface area contributed by atoms with E-state index < -0.39 is 0 Å². The predicted octanol–water partition coefficient (Wildman–Crippen LogP) is 3.41. The highest BCUT2D eigenvalue weighted by atomic mass is 32.1. The van der Waals surface area contributed by atoms with Crippen LogP contribution < -0.4 is 10.7 Å². The molecule has 1 aliphatic heterocycles. The van der Waals surface area contributed by atoms with E-state index in [0.29, 0.717) is 5.41 Å². The molecule has 110 valence electrons. The van der Waals surface area contributed by atoms with Gasteiger partial charge < -0.3 is 5.32 Å². The standard InChI is InChI=1S/C15H29N3S/c1-5-6-11-18-13(19)16-15(17-18)9-7-12(8-10-15)14(2,3)4/h12,17H,5-11H2,1-4H3,(H,16,19). The van der Waals surface area contributed by atoms with Crippen molar-refractivity contribution in [3.05, 3.63) is 0 Å². The molecule has 1 saturated heterocycles. The van der Waals surface area contributed by atoms with Crippen LogP contribution in [0.1, 0.15) is 66.2 Å². The molecule has 19 heavy (non-hydrogen) atoms. The summed E-state index contributed by atoms with van der Waals surface area (Å²) in [4.78, 5) is 0. The lowest BCUT2D eigenvalue weighted by molar-refractivity contribution is 0.0901. The third kappa shape index (κ3) is 3.40. The van der Waals surface area contributed by atoms with Gasteiger partial charge in [-0.3, -0.25) is 5.01 Å². The topological polar surface area (TPSA) is 27.3 Å². The zero-order valence-electron chi connectivity index (χ0n) is 12.9. The fourth-order valence-corrected chi connectivity index (χ4v) is 3.63. The first-order chi connectivity index (χ1) is 8.86. The summed E-state index contributed by atoms with van der Waals surface area (Å²) in [6, 6.07) is 0. The van der Waals surface area contributed by atoms with E-state index in [-0.39, 0.29) is 5.66 Å². The smallest absolute Gasteiger partial charge is 0.185 e. The summed E-state index contributed by atoms with van der Waals surface area (Å²) >= 11 is 5.46. The third-order valence-electron chi connectivity index (χ3n) is 4.74. The van der Waals surface area contributed by atoms with E-state index in [1.165, 1.54) is 38.5 Å². The maximum atomic E-state index is 5.46. The fraction of sp³-hybridized carbons (Fsp3) is 0.933. The number of hydrazine groups is 1. The van der Waals surface area contributed by atoms with Gasteiger partial charge >= 0.3 is 0 Å². The first-order valence-corrected chi connectivity index (χ1v) is 8.15. The quantitative estimate of drug-likeness (QED) is 0.776. The van der Waals surface area contributed by atoms with Crippen molar-refractivity contribution in [2.45, 2.75) is 71.9 Å². The second-order valence-corrected chi connectivity index (χ2v) is 7.66. The Bertz CT molecular complexity index is 327. The van der Waals surface area contributed by atoms with Crippen LogP contribution in [0.4, 0.5) is 0 Å². The van der Waals surface area contributed by atoms with Crippen LogP contribution in [-0.4, -0.2) is 22.3 Å². The van der Waals surface area contributed by atoms with Crippen molar-refractivity contribution >= 4 is 17.3 Å².